The molecule has 0 fully saturated rings. The van der Waals surface area contributed by atoms with Crippen molar-refractivity contribution in [2.75, 3.05) is 18.5 Å². The van der Waals surface area contributed by atoms with Crippen LogP contribution in [-0.4, -0.2) is 19.1 Å². The largest absolute Gasteiger partial charge is 0.494 e. The van der Waals surface area contributed by atoms with Crippen molar-refractivity contribution in [2.45, 2.75) is 26.1 Å². The molecule has 26 heavy (non-hydrogen) atoms. The van der Waals surface area contributed by atoms with Crippen LogP contribution in [0.2, 0.25) is 0 Å². The highest BCUT2D eigenvalue weighted by molar-refractivity contribution is 5.81. The summed E-state index contributed by atoms with van der Waals surface area (Å²) in [5.41, 5.74) is 0.355. The van der Waals surface area contributed by atoms with E-state index in [0.29, 0.717) is 12.4 Å². The van der Waals surface area contributed by atoms with E-state index < -0.39 is 11.7 Å². The molecule has 0 heterocycles. The molecule has 0 spiro atoms. The van der Waals surface area contributed by atoms with Gasteiger partial charge in [0, 0.05) is 5.69 Å². The summed E-state index contributed by atoms with van der Waals surface area (Å²) >= 11 is 0. The molecular formula is C19H21F3N2O2. The van der Waals surface area contributed by atoms with Crippen LogP contribution in [0.3, 0.4) is 0 Å². The molecular weight excluding hydrogens is 345 g/mol. The molecule has 1 amide bonds. The maximum absolute atomic E-state index is 12.7. The number of nitrogens with one attached hydrogen (secondary N) is 2. The Balaban J connectivity index is 1.91. The lowest BCUT2D eigenvalue weighted by Gasteiger charge is -2.16. The van der Waals surface area contributed by atoms with E-state index in [1.807, 2.05) is 38.1 Å². The molecule has 140 valence electrons. The first kappa shape index (κ1) is 19.6. The van der Waals surface area contributed by atoms with E-state index in [1.54, 1.807) is 0 Å². The minimum atomic E-state index is -4.42. The fourth-order valence-corrected chi connectivity index (χ4v) is 2.40. The summed E-state index contributed by atoms with van der Waals surface area (Å²) in [6.45, 7) is 4.13. The van der Waals surface area contributed by atoms with Crippen LogP contribution in [0.5, 0.6) is 5.75 Å². The molecule has 0 aliphatic heterocycles. The lowest BCUT2D eigenvalue weighted by molar-refractivity contribution is -0.137. The first-order chi connectivity index (χ1) is 12.3. The zero-order chi connectivity index (χ0) is 19.2. The van der Waals surface area contributed by atoms with Crippen LogP contribution in [0.1, 0.15) is 31.0 Å². The molecule has 4 nitrogen and oxygen atoms in total. The van der Waals surface area contributed by atoms with E-state index >= 15 is 0 Å². The zero-order valence-electron chi connectivity index (χ0n) is 14.6. The Morgan fingerprint density at radius 3 is 2.58 bits per heavy atom. The number of alkyl halides is 3. The van der Waals surface area contributed by atoms with Gasteiger partial charge < -0.3 is 15.4 Å². The number of carbonyl (C=O) groups excluding carboxylic acids is 1. The Hall–Kier alpha value is -2.70. The molecule has 0 saturated heterocycles. The first-order valence-electron chi connectivity index (χ1n) is 8.23. The van der Waals surface area contributed by atoms with Gasteiger partial charge in [0.15, 0.2) is 0 Å². The number of ether oxygens (including phenoxy) is 1. The summed E-state index contributed by atoms with van der Waals surface area (Å²) < 4.78 is 43.5. The third-order valence-electron chi connectivity index (χ3n) is 3.69. The van der Waals surface area contributed by atoms with Crippen LogP contribution in [0.25, 0.3) is 0 Å². The Kier molecular flexibility index (Phi) is 6.49. The van der Waals surface area contributed by atoms with E-state index in [2.05, 4.69) is 10.6 Å². The highest BCUT2D eigenvalue weighted by Gasteiger charge is 2.30. The zero-order valence-corrected chi connectivity index (χ0v) is 14.6. The predicted molar refractivity (Wildman–Crippen MR) is 94.1 cm³/mol. The number of hydrogen-bond acceptors (Lipinski definition) is 3. The number of carbonyl (C=O) groups is 1. The van der Waals surface area contributed by atoms with Crippen LogP contribution in [0, 0.1) is 0 Å². The second-order valence-electron chi connectivity index (χ2n) is 5.73. The monoisotopic (exact) mass is 366 g/mol. The van der Waals surface area contributed by atoms with Crippen molar-refractivity contribution in [3.05, 3.63) is 59.7 Å². The molecule has 1 atom stereocenters. The van der Waals surface area contributed by atoms with Gasteiger partial charge >= 0.3 is 6.18 Å². The topological polar surface area (TPSA) is 50.4 Å². The van der Waals surface area contributed by atoms with Crippen molar-refractivity contribution in [3.63, 3.8) is 0 Å². The normalized spacial score (nSPS) is 12.3. The van der Waals surface area contributed by atoms with Gasteiger partial charge in [-0.25, -0.2) is 0 Å². The SMILES string of the molecule is CCOc1cccc(C(C)NC(=O)CNc2cccc(C(F)(F)F)c2)c1. The maximum atomic E-state index is 12.7. The lowest BCUT2D eigenvalue weighted by Crippen LogP contribution is -2.32. The fraction of sp³-hybridized carbons (Fsp3) is 0.316. The van der Waals surface area contributed by atoms with Gasteiger partial charge in [-0.1, -0.05) is 18.2 Å². The van der Waals surface area contributed by atoms with Crippen molar-refractivity contribution < 1.29 is 22.7 Å². The van der Waals surface area contributed by atoms with E-state index in [-0.39, 0.29) is 24.2 Å². The Morgan fingerprint density at radius 1 is 1.15 bits per heavy atom. The van der Waals surface area contributed by atoms with Crippen molar-refractivity contribution in [3.8, 4) is 5.75 Å². The van der Waals surface area contributed by atoms with E-state index in [0.717, 1.165) is 17.7 Å². The van der Waals surface area contributed by atoms with Gasteiger partial charge in [0.05, 0.1) is 24.8 Å². The smallest absolute Gasteiger partial charge is 0.416 e. The molecule has 0 aromatic heterocycles. The average Bonchev–Trinajstić information content (AvgIpc) is 2.60. The first-order valence-corrected chi connectivity index (χ1v) is 8.23. The van der Waals surface area contributed by atoms with Crippen LogP contribution in [0.15, 0.2) is 48.5 Å². The molecule has 7 heteroatoms. The molecule has 0 radical (unpaired) electrons. The Morgan fingerprint density at radius 2 is 1.88 bits per heavy atom. The van der Waals surface area contributed by atoms with Crippen molar-refractivity contribution >= 4 is 11.6 Å². The third kappa shape index (κ3) is 5.68. The van der Waals surface area contributed by atoms with Gasteiger partial charge in [-0.15, -0.1) is 0 Å². The minimum absolute atomic E-state index is 0.128. The van der Waals surface area contributed by atoms with Crippen molar-refractivity contribution in [2.24, 2.45) is 0 Å². The minimum Gasteiger partial charge on any atom is -0.494 e. The van der Waals surface area contributed by atoms with E-state index in [1.165, 1.54) is 12.1 Å². The number of halogens is 3. The van der Waals surface area contributed by atoms with Gasteiger partial charge in [-0.2, -0.15) is 13.2 Å². The van der Waals surface area contributed by atoms with Crippen molar-refractivity contribution in [1.82, 2.24) is 5.32 Å². The van der Waals surface area contributed by atoms with E-state index in [4.69, 9.17) is 4.74 Å². The number of benzene rings is 2. The average molecular weight is 366 g/mol. The van der Waals surface area contributed by atoms with Gasteiger partial charge in [-0.05, 0) is 49.7 Å². The maximum Gasteiger partial charge on any atom is 0.416 e. The molecule has 0 saturated carbocycles. The van der Waals surface area contributed by atoms with Crippen molar-refractivity contribution in [1.29, 1.82) is 0 Å². The van der Waals surface area contributed by atoms with Crippen LogP contribution >= 0.6 is 0 Å². The summed E-state index contributed by atoms with van der Waals surface area (Å²) in [5.74, 6) is 0.393. The van der Waals surface area contributed by atoms with E-state index in [9.17, 15) is 18.0 Å². The molecule has 0 aliphatic carbocycles. The number of anilines is 1. The summed E-state index contributed by atoms with van der Waals surface area (Å²) in [4.78, 5) is 12.1. The Bertz CT molecular complexity index is 748. The quantitative estimate of drug-likeness (QED) is 0.764. The molecule has 1 unspecified atom stereocenters. The van der Waals surface area contributed by atoms with Crippen LogP contribution in [0.4, 0.5) is 18.9 Å². The third-order valence-corrected chi connectivity index (χ3v) is 3.69. The van der Waals surface area contributed by atoms with Crippen LogP contribution < -0.4 is 15.4 Å². The molecule has 0 aliphatic rings. The van der Waals surface area contributed by atoms with Gasteiger partial charge in [-0.3, -0.25) is 4.79 Å². The second-order valence-corrected chi connectivity index (χ2v) is 5.73. The summed E-state index contributed by atoms with van der Waals surface area (Å²) in [7, 11) is 0. The molecule has 2 N–H and O–H groups in total. The lowest BCUT2D eigenvalue weighted by atomic mass is 10.1. The predicted octanol–water partition coefficient (Wildman–Crippen LogP) is 4.39. The molecule has 2 aromatic rings. The standard InChI is InChI=1S/C19H21F3N2O2/c1-3-26-17-9-4-6-14(10-17)13(2)24-18(25)12-23-16-8-5-7-15(11-16)19(20,21)22/h4-11,13,23H,3,12H2,1-2H3,(H,24,25). The summed E-state index contributed by atoms with van der Waals surface area (Å²) in [6.07, 6.45) is -4.42. The van der Waals surface area contributed by atoms with Gasteiger partial charge in [0.25, 0.3) is 0 Å². The summed E-state index contributed by atoms with van der Waals surface area (Å²) in [5, 5.41) is 5.51. The number of hydrogen-bond donors (Lipinski definition) is 2. The van der Waals surface area contributed by atoms with Gasteiger partial charge in [0.2, 0.25) is 5.91 Å². The molecule has 0 bridgehead atoms. The number of amides is 1. The van der Waals surface area contributed by atoms with Gasteiger partial charge in [0.1, 0.15) is 5.75 Å². The number of rotatable bonds is 7. The molecule has 2 aromatic carbocycles. The fourth-order valence-electron chi connectivity index (χ4n) is 2.40. The second kappa shape index (κ2) is 8.60. The Labute approximate surface area is 150 Å². The highest BCUT2D eigenvalue weighted by atomic mass is 19.4. The highest BCUT2D eigenvalue weighted by Crippen LogP contribution is 2.30. The summed E-state index contributed by atoms with van der Waals surface area (Å²) in [6, 6.07) is 11.9. The molecule has 2 rings (SSSR count). The van der Waals surface area contributed by atoms with Crippen LogP contribution in [-0.2, 0) is 11.0 Å².